The van der Waals surface area contributed by atoms with Crippen LogP contribution in [0.1, 0.15) is 16.8 Å². The number of esters is 1. The van der Waals surface area contributed by atoms with Crippen molar-refractivity contribution in [3.8, 4) is 5.75 Å². The van der Waals surface area contributed by atoms with Crippen LogP contribution in [0.25, 0.3) is 0 Å². The highest BCUT2D eigenvalue weighted by atomic mass is 16.5. The number of carbonyl (C=O) groups is 2. The van der Waals surface area contributed by atoms with E-state index in [2.05, 4.69) is 0 Å². The van der Waals surface area contributed by atoms with Gasteiger partial charge in [-0.05, 0) is 18.2 Å². The molecule has 0 aromatic heterocycles. The number of anilines is 1. The number of nitrogens with zero attached hydrogens (tertiary/aromatic N) is 1. The fourth-order valence-electron chi connectivity index (χ4n) is 1.71. The van der Waals surface area contributed by atoms with Gasteiger partial charge in [-0.3, -0.25) is 4.79 Å². The van der Waals surface area contributed by atoms with E-state index in [-0.39, 0.29) is 25.7 Å². The van der Waals surface area contributed by atoms with Crippen LogP contribution >= 0.6 is 0 Å². The van der Waals surface area contributed by atoms with E-state index >= 15 is 0 Å². The maximum Gasteiger partial charge on any atom is 0.338 e. The maximum atomic E-state index is 11.7. The second-order valence-corrected chi connectivity index (χ2v) is 4.14. The van der Waals surface area contributed by atoms with Crippen LogP contribution in [0, 0.1) is 0 Å². The van der Waals surface area contributed by atoms with Crippen LogP contribution in [0.15, 0.2) is 18.2 Å². The first-order valence-corrected chi connectivity index (χ1v) is 5.95. The Bertz CT molecular complexity index is 500. The Kier molecular flexibility index (Phi) is 4.01. The molecule has 6 nitrogen and oxygen atoms in total. The lowest BCUT2D eigenvalue weighted by Crippen LogP contribution is -2.35. The van der Waals surface area contributed by atoms with Gasteiger partial charge < -0.3 is 19.5 Å². The Hall–Kier alpha value is -2.08. The van der Waals surface area contributed by atoms with Crippen LogP contribution in [0.4, 0.5) is 5.69 Å². The van der Waals surface area contributed by atoms with Crippen molar-refractivity contribution in [2.75, 3.05) is 31.8 Å². The molecule has 1 aromatic carbocycles. The predicted molar refractivity (Wildman–Crippen MR) is 67.3 cm³/mol. The molecular weight excluding hydrogens is 250 g/mol. The maximum absolute atomic E-state index is 11.7. The van der Waals surface area contributed by atoms with E-state index in [4.69, 9.17) is 14.6 Å². The zero-order chi connectivity index (χ0) is 13.8. The molecular formula is C13H15NO5. The van der Waals surface area contributed by atoms with Crippen molar-refractivity contribution in [1.29, 1.82) is 0 Å². The number of aliphatic hydroxyl groups excluding tert-OH is 1. The molecule has 102 valence electrons. The van der Waals surface area contributed by atoms with E-state index in [0.29, 0.717) is 23.4 Å². The van der Waals surface area contributed by atoms with Gasteiger partial charge in [-0.15, -0.1) is 0 Å². The minimum Gasteiger partial charge on any atom is -0.482 e. The number of likely N-dealkylation sites (N-methyl/N-ethyl adjacent to an activating group) is 1. The summed E-state index contributed by atoms with van der Waals surface area (Å²) in [6.07, 6.45) is 0.401. The summed E-state index contributed by atoms with van der Waals surface area (Å²) in [4.78, 5) is 24.7. The summed E-state index contributed by atoms with van der Waals surface area (Å²) < 4.78 is 10.2. The van der Waals surface area contributed by atoms with Crippen LogP contribution < -0.4 is 9.64 Å². The van der Waals surface area contributed by atoms with Gasteiger partial charge >= 0.3 is 5.97 Å². The lowest BCUT2D eigenvalue weighted by atomic mass is 10.1. The number of hydrogen-bond acceptors (Lipinski definition) is 5. The SMILES string of the molecule is CN1C(=O)COc2ccc(C(=O)OCCCO)cc21. The number of rotatable bonds is 4. The molecule has 1 aromatic rings. The third-order valence-corrected chi connectivity index (χ3v) is 2.82. The molecule has 0 saturated carbocycles. The first-order valence-electron chi connectivity index (χ1n) is 5.95. The standard InChI is InChI=1S/C13H15NO5/c1-14-10-7-9(13(17)18-6-2-5-15)3-4-11(10)19-8-12(14)16/h3-4,7,15H,2,5-6,8H2,1H3. The first-order chi connectivity index (χ1) is 9.13. The number of carbonyl (C=O) groups excluding carboxylic acids is 2. The second kappa shape index (κ2) is 5.71. The number of benzene rings is 1. The van der Waals surface area contributed by atoms with Gasteiger partial charge in [-0.2, -0.15) is 0 Å². The van der Waals surface area contributed by atoms with Crippen LogP contribution in [0.2, 0.25) is 0 Å². The minimum atomic E-state index is -0.484. The first kappa shape index (κ1) is 13.4. The summed E-state index contributed by atoms with van der Waals surface area (Å²) in [6, 6.07) is 4.79. The van der Waals surface area contributed by atoms with E-state index in [0.717, 1.165) is 0 Å². The van der Waals surface area contributed by atoms with Gasteiger partial charge in [-0.1, -0.05) is 0 Å². The molecule has 1 aliphatic heterocycles. The summed E-state index contributed by atoms with van der Waals surface area (Å²) >= 11 is 0. The molecule has 0 bridgehead atoms. The second-order valence-electron chi connectivity index (χ2n) is 4.14. The monoisotopic (exact) mass is 265 g/mol. The number of aliphatic hydroxyl groups is 1. The quantitative estimate of drug-likeness (QED) is 0.636. The van der Waals surface area contributed by atoms with E-state index in [1.807, 2.05) is 0 Å². The van der Waals surface area contributed by atoms with Crippen molar-refractivity contribution >= 4 is 17.6 Å². The van der Waals surface area contributed by atoms with Crippen LogP contribution in [-0.4, -0.2) is 43.9 Å². The smallest absolute Gasteiger partial charge is 0.338 e. The van der Waals surface area contributed by atoms with Gasteiger partial charge in [0.2, 0.25) is 0 Å². The van der Waals surface area contributed by atoms with E-state index < -0.39 is 5.97 Å². The molecule has 0 unspecified atom stereocenters. The van der Waals surface area contributed by atoms with E-state index in [9.17, 15) is 9.59 Å². The number of amides is 1. The topological polar surface area (TPSA) is 76.1 Å². The molecule has 1 aliphatic rings. The molecule has 2 rings (SSSR count). The summed E-state index contributed by atoms with van der Waals surface area (Å²) in [5.74, 6) is -0.0880. The molecule has 0 aliphatic carbocycles. The summed E-state index contributed by atoms with van der Waals surface area (Å²) in [7, 11) is 1.63. The van der Waals surface area contributed by atoms with Gasteiger partial charge in [0, 0.05) is 20.1 Å². The molecule has 1 heterocycles. The van der Waals surface area contributed by atoms with Gasteiger partial charge in [-0.25, -0.2) is 4.79 Å². The zero-order valence-corrected chi connectivity index (χ0v) is 10.6. The molecule has 0 radical (unpaired) electrons. The number of ether oxygens (including phenoxy) is 2. The molecule has 6 heteroatoms. The predicted octanol–water partition coefficient (Wildman–Crippen LogP) is 0.581. The Balaban J connectivity index is 2.16. The van der Waals surface area contributed by atoms with Crippen LogP contribution in [0.3, 0.4) is 0 Å². The van der Waals surface area contributed by atoms with Crippen molar-refractivity contribution in [3.05, 3.63) is 23.8 Å². The largest absolute Gasteiger partial charge is 0.482 e. The molecule has 0 atom stereocenters. The molecule has 1 N–H and O–H groups in total. The van der Waals surface area contributed by atoms with Gasteiger partial charge in [0.1, 0.15) is 5.75 Å². The molecule has 0 fully saturated rings. The normalized spacial score (nSPS) is 13.8. The summed E-state index contributed by atoms with van der Waals surface area (Å²) in [5, 5.41) is 8.62. The zero-order valence-electron chi connectivity index (χ0n) is 10.6. The fraction of sp³-hybridized carbons (Fsp3) is 0.385. The molecule has 0 saturated heterocycles. The molecule has 0 spiro atoms. The van der Waals surface area contributed by atoms with E-state index in [1.54, 1.807) is 25.2 Å². The lowest BCUT2D eigenvalue weighted by Gasteiger charge is -2.26. The Morgan fingerprint density at radius 2 is 2.32 bits per heavy atom. The highest BCUT2D eigenvalue weighted by Crippen LogP contribution is 2.32. The summed E-state index contributed by atoms with van der Waals surface area (Å²) in [6.45, 7) is 0.143. The van der Waals surface area contributed by atoms with Crippen molar-refractivity contribution in [3.63, 3.8) is 0 Å². The molecule has 1 amide bonds. The highest BCUT2D eigenvalue weighted by Gasteiger charge is 2.23. The number of fused-ring (bicyclic) bond motifs is 1. The van der Waals surface area contributed by atoms with Crippen molar-refractivity contribution in [1.82, 2.24) is 0 Å². The fourth-order valence-corrected chi connectivity index (χ4v) is 1.71. The Labute approximate surface area is 110 Å². The lowest BCUT2D eigenvalue weighted by molar-refractivity contribution is -0.120. The summed E-state index contributed by atoms with van der Waals surface area (Å²) in [5.41, 5.74) is 0.898. The Morgan fingerprint density at radius 1 is 1.53 bits per heavy atom. The van der Waals surface area contributed by atoms with Crippen LogP contribution in [0.5, 0.6) is 5.75 Å². The third kappa shape index (κ3) is 2.85. The van der Waals surface area contributed by atoms with Gasteiger partial charge in [0.05, 0.1) is 17.9 Å². The average Bonchev–Trinajstić information content (AvgIpc) is 2.43. The Morgan fingerprint density at radius 3 is 3.05 bits per heavy atom. The average molecular weight is 265 g/mol. The van der Waals surface area contributed by atoms with E-state index in [1.165, 1.54) is 4.90 Å². The molecule has 19 heavy (non-hydrogen) atoms. The van der Waals surface area contributed by atoms with Crippen molar-refractivity contribution in [2.24, 2.45) is 0 Å². The highest BCUT2D eigenvalue weighted by molar-refractivity contribution is 5.99. The van der Waals surface area contributed by atoms with Crippen molar-refractivity contribution < 1.29 is 24.2 Å². The van der Waals surface area contributed by atoms with Gasteiger partial charge in [0.15, 0.2) is 6.61 Å². The van der Waals surface area contributed by atoms with Gasteiger partial charge in [0.25, 0.3) is 5.91 Å². The minimum absolute atomic E-state index is 0.00376. The number of hydrogen-bond donors (Lipinski definition) is 1. The van der Waals surface area contributed by atoms with Crippen molar-refractivity contribution in [2.45, 2.75) is 6.42 Å². The third-order valence-electron chi connectivity index (χ3n) is 2.82. The van der Waals surface area contributed by atoms with Crippen LogP contribution in [-0.2, 0) is 9.53 Å².